The van der Waals surface area contributed by atoms with Crippen LogP contribution < -0.4 is 9.47 Å². The van der Waals surface area contributed by atoms with Crippen molar-refractivity contribution in [2.24, 2.45) is 0 Å². The lowest BCUT2D eigenvalue weighted by molar-refractivity contribution is -0.164. The Bertz CT molecular complexity index is 920. The second kappa shape index (κ2) is 12.6. The first-order valence-corrected chi connectivity index (χ1v) is 10.4. The molecule has 0 saturated carbocycles. The highest BCUT2D eigenvalue weighted by Crippen LogP contribution is 2.28. The molecule has 0 amide bonds. The molecule has 31 heavy (non-hydrogen) atoms. The summed E-state index contributed by atoms with van der Waals surface area (Å²) >= 11 is 3.38. The summed E-state index contributed by atoms with van der Waals surface area (Å²) in [7, 11) is 3.06. The maximum absolute atomic E-state index is 12.4. The van der Waals surface area contributed by atoms with E-state index in [4.69, 9.17) is 18.9 Å². The van der Waals surface area contributed by atoms with Crippen molar-refractivity contribution in [2.45, 2.75) is 18.9 Å². The molecule has 1 atom stereocenters. The van der Waals surface area contributed by atoms with E-state index >= 15 is 0 Å². The SMILES string of the molecule is C=CCOC(=O)C(Cc1ccc(OC)c(OC)c1)OC(=O)/C=C/Cc1ccc(Br)cc1. The van der Waals surface area contributed by atoms with Crippen molar-refractivity contribution in [3.63, 3.8) is 0 Å². The second-order valence-corrected chi connectivity index (χ2v) is 7.39. The van der Waals surface area contributed by atoms with Crippen LogP contribution in [0.2, 0.25) is 0 Å². The molecule has 0 aliphatic rings. The standard InChI is InChI=1S/C24H25BrO6/c1-4-14-30-24(27)22(16-18-10-13-20(28-2)21(15-18)29-3)31-23(26)7-5-6-17-8-11-19(25)12-9-17/h4-5,7-13,15,22H,1,6,14,16H2,2-3H3/b7-5+. The lowest BCUT2D eigenvalue weighted by Gasteiger charge is -2.17. The van der Waals surface area contributed by atoms with E-state index in [0.29, 0.717) is 17.9 Å². The van der Waals surface area contributed by atoms with Crippen LogP contribution in [0.1, 0.15) is 11.1 Å². The third-order valence-electron chi connectivity index (χ3n) is 4.25. The van der Waals surface area contributed by atoms with Crippen molar-refractivity contribution in [3.05, 3.63) is 82.9 Å². The van der Waals surface area contributed by atoms with Crippen LogP contribution in [0.25, 0.3) is 0 Å². The minimum absolute atomic E-state index is 0.0260. The van der Waals surface area contributed by atoms with Gasteiger partial charge in [0, 0.05) is 17.0 Å². The fraction of sp³-hybridized carbons (Fsp3) is 0.250. The highest BCUT2D eigenvalue weighted by molar-refractivity contribution is 9.10. The number of esters is 2. The summed E-state index contributed by atoms with van der Waals surface area (Å²) in [6, 6.07) is 13.0. The van der Waals surface area contributed by atoms with E-state index in [9.17, 15) is 9.59 Å². The van der Waals surface area contributed by atoms with E-state index in [0.717, 1.165) is 15.6 Å². The van der Waals surface area contributed by atoms with Gasteiger partial charge in [0.05, 0.1) is 14.2 Å². The Kier molecular flexibility index (Phi) is 9.84. The molecule has 1 unspecified atom stereocenters. The molecular weight excluding hydrogens is 464 g/mol. The number of benzene rings is 2. The number of rotatable bonds is 11. The number of carbonyl (C=O) groups excluding carboxylic acids is 2. The van der Waals surface area contributed by atoms with Gasteiger partial charge in [-0.1, -0.05) is 52.9 Å². The van der Waals surface area contributed by atoms with E-state index in [1.807, 2.05) is 24.3 Å². The third kappa shape index (κ3) is 7.94. The summed E-state index contributed by atoms with van der Waals surface area (Å²) in [5.41, 5.74) is 1.77. The molecule has 7 heteroatoms. The maximum Gasteiger partial charge on any atom is 0.348 e. The molecule has 2 rings (SSSR count). The normalized spacial score (nSPS) is 11.6. The molecule has 0 heterocycles. The summed E-state index contributed by atoms with van der Waals surface area (Å²) in [5, 5.41) is 0. The molecule has 0 aliphatic carbocycles. The van der Waals surface area contributed by atoms with Crippen LogP contribution in [0.3, 0.4) is 0 Å². The van der Waals surface area contributed by atoms with Crippen LogP contribution in [-0.4, -0.2) is 38.9 Å². The minimum Gasteiger partial charge on any atom is -0.493 e. The van der Waals surface area contributed by atoms with Crippen LogP contribution in [0.4, 0.5) is 0 Å². The smallest absolute Gasteiger partial charge is 0.348 e. The molecule has 0 spiro atoms. The predicted molar refractivity (Wildman–Crippen MR) is 121 cm³/mol. The first-order valence-electron chi connectivity index (χ1n) is 9.56. The molecule has 6 nitrogen and oxygen atoms in total. The van der Waals surface area contributed by atoms with Gasteiger partial charge in [-0.2, -0.15) is 0 Å². The number of methoxy groups -OCH3 is 2. The van der Waals surface area contributed by atoms with E-state index in [2.05, 4.69) is 22.5 Å². The molecule has 164 valence electrons. The predicted octanol–water partition coefficient (Wildman–Crippen LogP) is 4.45. The first-order chi connectivity index (χ1) is 15.0. The van der Waals surface area contributed by atoms with Crippen molar-refractivity contribution in [3.8, 4) is 11.5 Å². The van der Waals surface area contributed by atoms with Gasteiger partial charge in [-0.05, 0) is 41.8 Å². The van der Waals surface area contributed by atoms with Gasteiger partial charge in [-0.25, -0.2) is 9.59 Å². The lowest BCUT2D eigenvalue weighted by atomic mass is 10.1. The summed E-state index contributed by atoms with van der Waals surface area (Å²) < 4.78 is 22.0. The van der Waals surface area contributed by atoms with E-state index in [1.54, 1.807) is 24.3 Å². The zero-order valence-electron chi connectivity index (χ0n) is 17.5. The third-order valence-corrected chi connectivity index (χ3v) is 4.78. The molecule has 0 aromatic heterocycles. The Morgan fingerprint density at radius 3 is 2.35 bits per heavy atom. The monoisotopic (exact) mass is 488 g/mol. The minimum atomic E-state index is -1.11. The van der Waals surface area contributed by atoms with Gasteiger partial charge in [0.15, 0.2) is 11.5 Å². The Hall–Kier alpha value is -3.06. The van der Waals surface area contributed by atoms with Crippen LogP contribution in [0.15, 0.2) is 71.7 Å². The van der Waals surface area contributed by atoms with Gasteiger partial charge in [-0.3, -0.25) is 0 Å². The number of halogens is 1. The zero-order chi connectivity index (χ0) is 22.6. The van der Waals surface area contributed by atoms with Gasteiger partial charge < -0.3 is 18.9 Å². The highest BCUT2D eigenvalue weighted by Gasteiger charge is 2.24. The zero-order valence-corrected chi connectivity index (χ0v) is 19.1. The summed E-state index contributed by atoms with van der Waals surface area (Å²) in [6.07, 6.45) is 4.03. The number of ether oxygens (including phenoxy) is 4. The van der Waals surface area contributed by atoms with Gasteiger partial charge in [0.25, 0.3) is 0 Å². The van der Waals surface area contributed by atoms with E-state index < -0.39 is 18.0 Å². The maximum atomic E-state index is 12.4. The number of allylic oxidation sites excluding steroid dienone is 1. The van der Waals surface area contributed by atoms with Gasteiger partial charge in [-0.15, -0.1) is 0 Å². The Morgan fingerprint density at radius 2 is 1.71 bits per heavy atom. The number of hydrogen-bond donors (Lipinski definition) is 0. The van der Waals surface area contributed by atoms with Crippen molar-refractivity contribution in [2.75, 3.05) is 20.8 Å². The summed E-state index contributed by atoms with van der Waals surface area (Å²) in [5.74, 6) is -0.202. The molecule has 2 aromatic rings. The summed E-state index contributed by atoms with van der Waals surface area (Å²) in [4.78, 5) is 24.7. The van der Waals surface area contributed by atoms with Gasteiger partial charge >= 0.3 is 11.9 Å². The Balaban J connectivity index is 2.07. The first kappa shape index (κ1) is 24.2. The van der Waals surface area contributed by atoms with Crippen LogP contribution in [0, 0.1) is 0 Å². The fourth-order valence-electron chi connectivity index (χ4n) is 2.72. The molecule has 0 fully saturated rings. The van der Waals surface area contributed by atoms with Gasteiger partial charge in [0.2, 0.25) is 6.10 Å². The van der Waals surface area contributed by atoms with Crippen molar-refractivity contribution < 1.29 is 28.5 Å². The largest absolute Gasteiger partial charge is 0.493 e. The lowest BCUT2D eigenvalue weighted by Crippen LogP contribution is -2.31. The topological polar surface area (TPSA) is 71.1 Å². The molecule has 0 radical (unpaired) electrons. The van der Waals surface area contributed by atoms with Crippen molar-refractivity contribution in [1.82, 2.24) is 0 Å². The van der Waals surface area contributed by atoms with E-state index in [1.165, 1.54) is 26.4 Å². The number of hydrogen-bond acceptors (Lipinski definition) is 6. The van der Waals surface area contributed by atoms with Crippen LogP contribution in [-0.2, 0) is 31.9 Å². The molecule has 0 bridgehead atoms. The van der Waals surface area contributed by atoms with Crippen LogP contribution in [0.5, 0.6) is 11.5 Å². The average Bonchev–Trinajstić information content (AvgIpc) is 2.78. The van der Waals surface area contributed by atoms with Crippen LogP contribution >= 0.6 is 15.9 Å². The number of carbonyl (C=O) groups is 2. The molecule has 0 N–H and O–H groups in total. The molecular formula is C24H25BrO6. The molecule has 0 aliphatic heterocycles. The fourth-order valence-corrected chi connectivity index (χ4v) is 2.98. The Labute approximate surface area is 190 Å². The quantitative estimate of drug-likeness (QED) is 0.264. The Morgan fingerprint density at radius 1 is 1.03 bits per heavy atom. The molecule has 2 aromatic carbocycles. The highest BCUT2D eigenvalue weighted by atomic mass is 79.9. The summed E-state index contributed by atoms with van der Waals surface area (Å²) in [6.45, 7) is 3.55. The van der Waals surface area contributed by atoms with Crippen molar-refractivity contribution in [1.29, 1.82) is 0 Å². The van der Waals surface area contributed by atoms with Gasteiger partial charge in [0.1, 0.15) is 6.61 Å². The second-order valence-electron chi connectivity index (χ2n) is 6.47. The average molecular weight is 489 g/mol. The van der Waals surface area contributed by atoms with E-state index in [-0.39, 0.29) is 13.0 Å². The molecule has 0 saturated heterocycles. The van der Waals surface area contributed by atoms with Crippen molar-refractivity contribution >= 4 is 27.9 Å².